The van der Waals surface area contributed by atoms with Gasteiger partial charge in [-0.1, -0.05) is 68.8 Å². The lowest BCUT2D eigenvalue weighted by molar-refractivity contribution is -0.147. The Hall–Kier alpha value is -3.22. The van der Waals surface area contributed by atoms with Crippen LogP contribution in [-0.2, 0) is 17.9 Å². The van der Waals surface area contributed by atoms with Crippen LogP contribution in [0.2, 0.25) is 5.02 Å². The maximum atomic E-state index is 12.3. The summed E-state index contributed by atoms with van der Waals surface area (Å²) in [4.78, 5) is 19.4. The Morgan fingerprint density at radius 2 is 1.73 bits per heavy atom. The lowest BCUT2D eigenvalue weighted by Gasteiger charge is -2.36. The van der Waals surface area contributed by atoms with Crippen molar-refractivity contribution in [1.29, 1.82) is 0 Å². The molecule has 0 bridgehead atoms. The van der Waals surface area contributed by atoms with Gasteiger partial charge in [0.25, 0.3) is 0 Å². The van der Waals surface area contributed by atoms with E-state index in [0.717, 1.165) is 33.6 Å². The number of halogens is 1. The first-order valence-corrected chi connectivity index (χ1v) is 15.2. The van der Waals surface area contributed by atoms with Gasteiger partial charge in [0.2, 0.25) is 0 Å². The van der Waals surface area contributed by atoms with Crippen LogP contribution >= 0.6 is 23.4 Å². The second kappa shape index (κ2) is 11.6. The summed E-state index contributed by atoms with van der Waals surface area (Å²) in [6.45, 7) is 11.3. The molecule has 1 aromatic heterocycles. The van der Waals surface area contributed by atoms with Gasteiger partial charge in [-0.15, -0.1) is 11.8 Å². The van der Waals surface area contributed by atoms with Crippen LogP contribution in [0, 0.1) is 5.41 Å². The fraction of sp³-hybridized carbons (Fsp3) is 0.353. The standard InChI is InChI=1S/C34H37ClN2O3S/c1-33(2,3)41-31-27-18-26(40-21-25-15-12-23-8-6-7-9-28(23)36-25)16-17-29(27)37(20-22-10-13-24(35)14-11-22)30(31)19-34(4,5)32(38)39/h6-18,30-31H,19-21H2,1-5H3,(H,38,39). The molecule has 4 aromatic rings. The van der Waals surface area contributed by atoms with Crippen molar-refractivity contribution in [3.63, 3.8) is 0 Å². The van der Waals surface area contributed by atoms with Gasteiger partial charge in [-0.05, 0) is 73.9 Å². The van der Waals surface area contributed by atoms with Crippen LogP contribution in [0.15, 0.2) is 78.9 Å². The predicted molar refractivity (Wildman–Crippen MR) is 170 cm³/mol. The molecule has 7 heteroatoms. The Morgan fingerprint density at radius 3 is 2.44 bits per heavy atom. The molecule has 2 heterocycles. The fourth-order valence-electron chi connectivity index (χ4n) is 5.35. The number of carbonyl (C=O) groups is 1. The van der Waals surface area contributed by atoms with Crippen molar-refractivity contribution in [1.82, 2.24) is 4.98 Å². The number of pyridine rings is 1. The van der Waals surface area contributed by atoms with Crippen LogP contribution in [0.4, 0.5) is 5.69 Å². The van der Waals surface area contributed by atoms with Crippen molar-refractivity contribution in [2.24, 2.45) is 5.41 Å². The van der Waals surface area contributed by atoms with Crippen molar-refractivity contribution >= 4 is 45.9 Å². The molecule has 214 valence electrons. The molecule has 1 N–H and O–H groups in total. The highest BCUT2D eigenvalue weighted by Crippen LogP contribution is 2.54. The van der Waals surface area contributed by atoms with E-state index in [2.05, 4.69) is 49.9 Å². The maximum absolute atomic E-state index is 12.3. The minimum absolute atomic E-state index is 0.0200. The molecule has 5 rings (SSSR count). The zero-order valence-corrected chi connectivity index (χ0v) is 25.8. The van der Waals surface area contributed by atoms with E-state index < -0.39 is 11.4 Å². The molecule has 0 saturated carbocycles. The summed E-state index contributed by atoms with van der Waals surface area (Å²) in [5, 5.41) is 11.9. The van der Waals surface area contributed by atoms with Crippen LogP contribution in [0.1, 0.15) is 63.1 Å². The summed E-state index contributed by atoms with van der Waals surface area (Å²) < 4.78 is 6.25. The van der Waals surface area contributed by atoms with Crippen LogP contribution in [0.25, 0.3) is 10.9 Å². The molecule has 1 aliphatic rings. The molecule has 1 aliphatic heterocycles. The summed E-state index contributed by atoms with van der Waals surface area (Å²) in [5.74, 6) is -0.00544. The third kappa shape index (κ3) is 6.82. The highest BCUT2D eigenvalue weighted by atomic mass is 35.5. The zero-order valence-electron chi connectivity index (χ0n) is 24.2. The average molecular weight is 589 g/mol. The van der Waals surface area contributed by atoms with Crippen molar-refractivity contribution in [2.75, 3.05) is 4.90 Å². The first-order chi connectivity index (χ1) is 19.4. The van der Waals surface area contributed by atoms with Crippen LogP contribution in [-0.4, -0.2) is 26.8 Å². The Morgan fingerprint density at radius 1 is 1.00 bits per heavy atom. The first-order valence-electron chi connectivity index (χ1n) is 13.9. The molecule has 0 spiro atoms. The van der Waals surface area contributed by atoms with E-state index in [-0.39, 0.29) is 16.0 Å². The molecule has 0 saturated heterocycles. The minimum atomic E-state index is -0.886. The smallest absolute Gasteiger partial charge is 0.309 e. The first kappa shape index (κ1) is 29.3. The number of nitrogens with zero attached hydrogens (tertiary/aromatic N) is 2. The van der Waals surface area contributed by atoms with E-state index in [1.54, 1.807) is 0 Å². The number of carboxylic acids is 1. The van der Waals surface area contributed by atoms with Gasteiger partial charge in [-0.3, -0.25) is 4.79 Å². The maximum Gasteiger partial charge on any atom is 0.309 e. The number of carboxylic acid groups (broad SMARTS) is 1. The number of benzene rings is 3. The van der Waals surface area contributed by atoms with Gasteiger partial charge in [-0.2, -0.15) is 0 Å². The molecule has 0 fully saturated rings. The van der Waals surface area contributed by atoms with Crippen LogP contribution in [0.3, 0.4) is 0 Å². The third-order valence-electron chi connectivity index (χ3n) is 7.45. The quantitative estimate of drug-likeness (QED) is 0.210. The van der Waals surface area contributed by atoms with E-state index in [4.69, 9.17) is 21.3 Å². The van der Waals surface area contributed by atoms with E-state index in [9.17, 15) is 9.90 Å². The fourth-order valence-corrected chi connectivity index (χ4v) is 6.95. The lowest BCUT2D eigenvalue weighted by Crippen LogP contribution is -2.40. The molecule has 2 unspecified atom stereocenters. The van der Waals surface area contributed by atoms with Crippen molar-refractivity contribution in [3.8, 4) is 5.75 Å². The number of ether oxygens (including phenoxy) is 1. The van der Waals surface area contributed by atoms with Crippen molar-refractivity contribution in [3.05, 3.63) is 101 Å². The Labute approximate surface area is 251 Å². The summed E-state index contributed by atoms with van der Waals surface area (Å²) >= 11 is 8.06. The average Bonchev–Trinajstić information content (AvgIpc) is 3.18. The van der Waals surface area contributed by atoms with Gasteiger partial charge in [0.05, 0.1) is 21.9 Å². The Kier molecular flexibility index (Phi) is 8.27. The lowest BCUT2D eigenvalue weighted by atomic mass is 9.84. The molecule has 0 amide bonds. The monoisotopic (exact) mass is 588 g/mol. The molecule has 0 aliphatic carbocycles. The van der Waals surface area contributed by atoms with Gasteiger partial charge in [0.15, 0.2) is 0 Å². The molecule has 41 heavy (non-hydrogen) atoms. The van der Waals surface area contributed by atoms with Crippen LogP contribution < -0.4 is 9.64 Å². The minimum Gasteiger partial charge on any atom is -0.487 e. The second-order valence-electron chi connectivity index (χ2n) is 12.4. The molecular weight excluding hydrogens is 552 g/mol. The normalized spacial score (nSPS) is 17.1. The number of rotatable bonds is 9. The highest BCUT2D eigenvalue weighted by molar-refractivity contribution is 8.00. The summed E-state index contributed by atoms with van der Waals surface area (Å²) in [5.41, 5.74) is 4.35. The summed E-state index contributed by atoms with van der Waals surface area (Å²) in [6.07, 6.45) is 0.509. The van der Waals surface area contributed by atoms with Crippen LogP contribution in [0.5, 0.6) is 5.75 Å². The SMILES string of the molecule is CC(C)(C)SC1c2cc(OCc3ccc4ccccc4n3)ccc2N(Cc2ccc(Cl)cc2)C1CC(C)(C)C(=O)O. The topological polar surface area (TPSA) is 62.7 Å². The van der Waals surface area contributed by atoms with Crippen molar-refractivity contribution in [2.45, 2.75) is 70.2 Å². The number of fused-ring (bicyclic) bond motifs is 2. The Balaban J connectivity index is 1.49. The predicted octanol–water partition coefficient (Wildman–Crippen LogP) is 8.93. The number of anilines is 1. The largest absolute Gasteiger partial charge is 0.487 e. The third-order valence-corrected chi connectivity index (χ3v) is 9.23. The number of para-hydroxylation sites is 1. The number of aliphatic carboxylic acids is 1. The zero-order chi connectivity index (χ0) is 29.4. The molecule has 3 aromatic carbocycles. The van der Waals surface area contributed by atoms with Crippen molar-refractivity contribution < 1.29 is 14.6 Å². The second-order valence-corrected chi connectivity index (χ2v) is 14.8. The number of hydrogen-bond donors (Lipinski definition) is 1. The van der Waals surface area contributed by atoms with E-state index in [1.807, 2.05) is 80.2 Å². The van der Waals surface area contributed by atoms with Gasteiger partial charge in [0, 0.05) is 33.4 Å². The molecule has 5 nitrogen and oxygen atoms in total. The number of hydrogen-bond acceptors (Lipinski definition) is 5. The number of aromatic nitrogens is 1. The number of thioether (sulfide) groups is 1. The van der Waals surface area contributed by atoms with Gasteiger partial charge < -0.3 is 14.7 Å². The molecule has 0 radical (unpaired) electrons. The van der Waals surface area contributed by atoms with Gasteiger partial charge in [0.1, 0.15) is 12.4 Å². The van der Waals surface area contributed by atoms with E-state index >= 15 is 0 Å². The van der Waals surface area contributed by atoms with E-state index in [0.29, 0.717) is 24.6 Å². The summed E-state index contributed by atoms with van der Waals surface area (Å²) in [6, 6.07) is 26.3. The molecule has 2 atom stereocenters. The molecular formula is C34H37ClN2O3S. The van der Waals surface area contributed by atoms with Gasteiger partial charge >= 0.3 is 5.97 Å². The Bertz CT molecular complexity index is 1550. The van der Waals surface area contributed by atoms with E-state index in [1.165, 1.54) is 5.56 Å². The summed E-state index contributed by atoms with van der Waals surface area (Å²) in [7, 11) is 0. The highest BCUT2D eigenvalue weighted by Gasteiger charge is 2.45. The van der Waals surface area contributed by atoms with Gasteiger partial charge in [-0.25, -0.2) is 4.98 Å².